The molecule has 0 saturated heterocycles. The van der Waals surface area contributed by atoms with Gasteiger partial charge in [-0.25, -0.2) is 9.37 Å². The molecule has 30 heavy (non-hydrogen) atoms. The second kappa shape index (κ2) is 7.22. The molecule has 3 heterocycles. The number of hydrogen-bond donors (Lipinski definition) is 0. The van der Waals surface area contributed by atoms with E-state index in [2.05, 4.69) is 0 Å². The highest BCUT2D eigenvalue weighted by atomic mass is 32.1. The van der Waals surface area contributed by atoms with Gasteiger partial charge in [0.2, 0.25) is 0 Å². The van der Waals surface area contributed by atoms with Crippen molar-refractivity contribution in [3.05, 3.63) is 81.0 Å². The lowest BCUT2D eigenvalue weighted by Gasteiger charge is -2.06. The van der Waals surface area contributed by atoms with Crippen molar-refractivity contribution in [3.8, 4) is 16.9 Å². The molecule has 2 aromatic carbocycles. The molecule has 0 amide bonds. The number of ether oxygens (including phenoxy) is 1. The van der Waals surface area contributed by atoms with E-state index in [4.69, 9.17) is 9.72 Å². The van der Waals surface area contributed by atoms with Crippen LogP contribution in [0.15, 0.2) is 53.3 Å². The number of hydrogen-bond acceptors (Lipinski definition) is 4. The van der Waals surface area contributed by atoms with Crippen LogP contribution in [0.25, 0.3) is 33.0 Å². The quantitative estimate of drug-likeness (QED) is 0.440. The summed E-state index contributed by atoms with van der Waals surface area (Å²) in [6.45, 7) is 2.60. The third kappa shape index (κ3) is 2.95. The van der Waals surface area contributed by atoms with Gasteiger partial charge in [0.05, 0.1) is 12.5 Å². The standard InChI is InChI=1S/C24H19FN2O2S/c1-14-20(16-6-4-3-5-7-16)21-23(30-14)26-22-17(10-11-27(22)24(21)28)12-15-8-9-19(29-2)18(25)13-15/h3-9,12-13H,10-11H2,1-2H3/b17-12+. The van der Waals surface area contributed by atoms with Crippen molar-refractivity contribution in [2.75, 3.05) is 7.11 Å². The topological polar surface area (TPSA) is 44.1 Å². The van der Waals surface area contributed by atoms with Gasteiger partial charge >= 0.3 is 0 Å². The van der Waals surface area contributed by atoms with Crippen LogP contribution in [0.5, 0.6) is 5.75 Å². The first kappa shape index (κ1) is 18.8. The normalized spacial score (nSPS) is 14.4. The third-order valence-corrected chi connectivity index (χ3v) is 6.46. The SMILES string of the molecule is COc1ccc(/C=C2\CCn3c2nc2sc(C)c(-c4ccccc4)c2c3=O)cc1F. The number of thiophene rings is 1. The smallest absolute Gasteiger partial charge is 0.263 e. The molecule has 0 N–H and O–H groups in total. The molecule has 4 nitrogen and oxygen atoms in total. The molecule has 1 aliphatic heterocycles. The molecule has 1 aliphatic rings. The van der Waals surface area contributed by atoms with Crippen LogP contribution >= 0.6 is 11.3 Å². The summed E-state index contributed by atoms with van der Waals surface area (Å²) in [5.74, 6) is 0.471. The van der Waals surface area contributed by atoms with E-state index in [0.29, 0.717) is 24.2 Å². The minimum atomic E-state index is -0.410. The van der Waals surface area contributed by atoms with E-state index in [1.54, 1.807) is 28.0 Å². The molecular formula is C24H19FN2O2S. The molecule has 0 radical (unpaired) electrons. The van der Waals surface area contributed by atoms with Crippen LogP contribution in [-0.2, 0) is 6.54 Å². The molecule has 6 heteroatoms. The van der Waals surface area contributed by atoms with Gasteiger partial charge in [0, 0.05) is 17.0 Å². The molecule has 0 fully saturated rings. The molecular weight excluding hydrogens is 399 g/mol. The van der Waals surface area contributed by atoms with Gasteiger partial charge in [-0.3, -0.25) is 9.36 Å². The summed E-state index contributed by atoms with van der Waals surface area (Å²) in [6, 6.07) is 14.8. The molecule has 0 bridgehead atoms. The number of benzene rings is 2. The maximum Gasteiger partial charge on any atom is 0.263 e. The molecule has 2 aromatic heterocycles. The summed E-state index contributed by atoms with van der Waals surface area (Å²) in [6.07, 6.45) is 2.59. The molecule has 5 rings (SSSR count). The maximum absolute atomic E-state index is 14.1. The Hall–Kier alpha value is -3.25. The highest BCUT2D eigenvalue weighted by molar-refractivity contribution is 7.19. The predicted molar refractivity (Wildman–Crippen MR) is 119 cm³/mol. The molecule has 4 aromatic rings. The number of fused-ring (bicyclic) bond motifs is 2. The van der Waals surface area contributed by atoms with Crippen molar-refractivity contribution in [1.82, 2.24) is 9.55 Å². The van der Waals surface area contributed by atoms with E-state index in [1.807, 2.05) is 43.3 Å². The fraction of sp³-hybridized carbons (Fsp3) is 0.167. The Morgan fingerprint density at radius 3 is 2.73 bits per heavy atom. The van der Waals surface area contributed by atoms with Crippen molar-refractivity contribution < 1.29 is 9.13 Å². The van der Waals surface area contributed by atoms with E-state index < -0.39 is 5.82 Å². The van der Waals surface area contributed by atoms with Gasteiger partial charge in [-0.05, 0) is 48.3 Å². The van der Waals surface area contributed by atoms with Crippen LogP contribution in [0, 0.1) is 12.7 Å². The van der Waals surface area contributed by atoms with E-state index in [0.717, 1.165) is 32.0 Å². The molecule has 0 saturated carbocycles. The van der Waals surface area contributed by atoms with Crippen LogP contribution < -0.4 is 10.3 Å². The molecule has 0 aliphatic carbocycles. The molecule has 150 valence electrons. The average Bonchev–Trinajstić information content (AvgIpc) is 3.30. The number of aromatic nitrogens is 2. The maximum atomic E-state index is 14.1. The van der Waals surface area contributed by atoms with E-state index in [-0.39, 0.29) is 11.3 Å². The Morgan fingerprint density at radius 2 is 2.00 bits per heavy atom. The number of methoxy groups -OCH3 is 1. The van der Waals surface area contributed by atoms with Crippen LogP contribution in [0.1, 0.15) is 22.7 Å². The van der Waals surface area contributed by atoms with Crippen LogP contribution in [-0.4, -0.2) is 16.7 Å². The van der Waals surface area contributed by atoms with E-state index in [9.17, 15) is 9.18 Å². The highest BCUT2D eigenvalue weighted by Gasteiger charge is 2.24. The number of nitrogens with zero attached hydrogens (tertiary/aromatic N) is 2. The third-order valence-electron chi connectivity index (χ3n) is 5.46. The molecule has 0 unspecified atom stereocenters. The molecule has 0 atom stereocenters. The lowest BCUT2D eigenvalue weighted by Crippen LogP contribution is -2.20. The van der Waals surface area contributed by atoms with E-state index >= 15 is 0 Å². The first-order chi connectivity index (χ1) is 14.6. The van der Waals surface area contributed by atoms with Gasteiger partial charge in [-0.15, -0.1) is 11.3 Å². The first-order valence-corrected chi connectivity index (χ1v) is 10.5. The van der Waals surface area contributed by atoms with Gasteiger partial charge in [-0.2, -0.15) is 0 Å². The zero-order valence-corrected chi connectivity index (χ0v) is 17.4. The highest BCUT2D eigenvalue weighted by Crippen LogP contribution is 2.37. The Bertz CT molecular complexity index is 1370. The van der Waals surface area contributed by atoms with Crippen LogP contribution in [0.4, 0.5) is 4.39 Å². The van der Waals surface area contributed by atoms with Crippen molar-refractivity contribution in [1.29, 1.82) is 0 Å². The lowest BCUT2D eigenvalue weighted by atomic mass is 10.0. The minimum absolute atomic E-state index is 0.0116. The van der Waals surface area contributed by atoms with Crippen molar-refractivity contribution in [2.24, 2.45) is 0 Å². The number of allylic oxidation sites excluding steroid dienone is 1. The van der Waals surface area contributed by atoms with Gasteiger partial charge in [0.1, 0.15) is 10.7 Å². The Labute approximate surface area is 176 Å². The Kier molecular flexibility index (Phi) is 4.51. The fourth-order valence-electron chi connectivity index (χ4n) is 4.05. The van der Waals surface area contributed by atoms with E-state index in [1.165, 1.54) is 13.2 Å². The first-order valence-electron chi connectivity index (χ1n) is 9.70. The molecule has 0 spiro atoms. The van der Waals surface area contributed by atoms with Crippen molar-refractivity contribution in [2.45, 2.75) is 19.9 Å². The van der Waals surface area contributed by atoms with Gasteiger partial charge in [0.25, 0.3) is 5.56 Å². The summed E-state index contributed by atoms with van der Waals surface area (Å²) < 4.78 is 20.8. The van der Waals surface area contributed by atoms with Crippen LogP contribution in [0.3, 0.4) is 0 Å². The summed E-state index contributed by atoms with van der Waals surface area (Å²) in [5, 5.41) is 0.684. The summed E-state index contributed by atoms with van der Waals surface area (Å²) in [7, 11) is 1.44. The number of aryl methyl sites for hydroxylation is 1. The zero-order chi connectivity index (χ0) is 20.8. The summed E-state index contributed by atoms with van der Waals surface area (Å²) >= 11 is 1.54. The lowest BCUT2D eigenvalue weighted by molar-refractivity contribution is 0.386. The summed E-state index contributed by atoms with van der Waals surface area (Å²) in [4.78, 5) is 20.1. The predicted octanol–water partition coefficient (Wildman–Crippen LogP) is 5.53. The second-order valence-corrected chi connectivity index (χ2v) is 8.49. The zero-order valence-electron chi connectivity index (χ0n) is 16.6. The number of halogens is 1. The Morgan fingerprint density at radius 1 is 1.20 bits per heavy atom. The second-order valence-electron chi connectivity index (χ2n) is 7.29. The largest absolute Gasteiger partial charge is 0.494 e. The van der Waals surface area contributed by atoms with Crippen molar-refractivity contribution in [3.63, 3.8) is 0 Å². The van der Waals surface area contributed by atoms with Gasteiger partial charge < -0.3 is 4.74 Å². The van der Waals surface area contributed by atoms with Gasteiger partial charge in [0.15, 0.2) is 11.6 Å². The minimum Gasteiger partial charge on any atom is -0.494 e. The number of rotatable bonds is 3. The van der Waals surface area contributed by atoms with Crippen molar-refractivity contribution >= 4 is 33.2 Å². The van der Waals surface area contributed by atoms with Gasteiger partial charge in [-0.1, -0.05) is 36.4 Å². The Balaban J connectivity index is 1.66. The average molecular weight is 418 g/mol. The van der Waals surface area contributed by atoms with Crippen LogP contribution in [0.2, 0.25) is 0 Å². The summed E-state index contributed by atoms with van der Waals surface area (Å²) in [5.41, 5.74) is 3.65. The fourth-order valence-corrected chi connectivity index (χ4v) is 5.09. The monoisotopic (exact) mass is 418 g/mol.